The van der Waals surface area contributed by atoms with E-state index in [1.165, 1.54) is 0 Å². The average Bonchev–Trinajstić information content (AvgIpc) is 2.66. The summed E-state index contributed by atoms with van der Waals surface area (Å²) in [7, 11) is 0. The molecule has 0 fully saturated rings. The van der Waals surface area contributed by atoms with Gasteiger partial charge >= 0.3 is 0 Å². The molecule has 0 saturated heterocycles. The predicted octanol–water partition coefficient (Wildman–Crippen LogP) is 5.93. The number of amides is 2. The highest BCUT2D eigenvalue weighted by molar-refractivity contribution is 6.27. The van der Waals surface area contributed by atoms with Crippen LogP contribution in [-0.2, 0) is 9.59 Å². The Morgan fingerprint density at radius 3 is 1.11 bits per heavy atom. The molecule has 28 heavy (non-hydrogen) atoms. The maximum absolute atomic E-state index is 12.0. The number of carbonyl (C=O) groups excluding carboxylic acids is 2. The Balaban J connectivity index is 5.05. The van der Waals surface area contributed by atoms with E-state index in [0.717, 1.165) is 77.0 Å². The number of alkyl halides is 2. The van der Waals surface area contributed by atoms with Crippen LogP contribution in [0.3, 0.4) is 0 Å². The van der Waals surface area contributed by atoms with Crippen molar-refractivity contribution in [1.82, 2.24) is 10.6 Å². The monoisotopic (exact) mass is 436 g/mol. The normalized spacial score (nSPS) is 12.1. The lowest BCUT2D eigenvalue weighted by molar-refractivity contribution is -0.122. The third-order valence-electron chi connectivity index (χ3n) is 5.53. The van der Waals surface area contributed by atoms with Gasteiger partial charge in [-0.15, -0.1) is 23.2 Å². The summed E-state index contributed by atoms with van der Waals surface area (Å²) >= 11 is 11.5. The van der Waals surface area contributed by atoms with Crippen LogP contribution in [0.2, 0.25) is 0 Å². The molecule has 2 N–H and O–H groups in total. The van der Waals surface area contributed by atoms with Gasteiger partial charge in [-0.3, -0.25) is 9.59 Å². The molecule has 4 nitrogen and oxygen atoms in total. The minimum Gasteiger partial charge on any atom is -0.350 e. The predicted molar refractivity (Wildman–Crippen MR) is 121 cm³/mol. The Labute approximate surface area is 182 Å². The molecule has 0 spiro atoms. The lowest BCUT2D eigenvalue weighted by atomic mass is 9.80. The van der Waals surface area contributed by atoms with Crippen molar-refractivity contribution in [2.45, 2.75) is 116 Å². The molecular formula is C22H42Cl2N2O2. The lowest BCUT2D eigenvalue weighted by Gasteiger charge is -2.37. The van der Waals surface area contributed by atoms with Crippen molar-refractivity contribution in [2.75, 3.05) is 11.8 Å². The third-order valence-corrected chi connectivity index (χ3v) is 6.01. The van der Waals surface area contributed by atoms with Crippen molar-refractivity contribution < 1.29 is 9.59 Å². The lowest BCUT2D eigenvalue weighted by Crippen LogP contribution is -2.50. The summed E-state index contributed by atoms with van der Waals surface area (Å²) < 4.78 is 0. The highest BCUT2D eigenvalue weighted by Gasteiger charge is 2.32. The second kappa shape index (κ2) is 15.4. The fourth-order valence-corrected chi connectivity index (χ4v) is 4.76. The molecular weight excluding hydrogens is 395 g/mol. The van der Waals surface area contributed by atoms with Gasteiger partial charge in [-0.05, 0) is 38.5 Å². The van der Waals surface area contributed by atoms with E-state index in [2.05, 4.69) is 38.3 Å². The van der Waals surface area contributed by atoms with Gasteiger partial charge < -0.3 is 10.6 Å². The van der Waals surface area contributed by atoms with Gasteiger partial charge in [0.2, 0.25) is 11.8 Å². The molecule has 0 bridgehead atoms. The first kappa shape index (κ1) is 27.5. The van der Waals surface area contributed by atoms with E-state index in [1.807, 2.05) is 0 Å². The summed E-state index contributed by atoms with van der Waals surface area (Å²) in [5.41, 5.74) is -0.319. The minimum atomic E-state index is -0.160. The van der Waals surface area contributed by atoms with E-state index in [9.17, 15) is 9.59 Å². The van der Waals surface area contributed by atoms with Gasteiger partial charge in [0.05, 0.1) is 0 Å². The Bertz CT molecular complexity index is 392. The number of rotatable bonds is 17. The highest BCUT2D eigenvalue weighted by atomic mass is 35.5. The largest absolute Gasteiger partial charge is 0.350 e. The number of unbranched alkanes of at least 4 members (excludes halogenated alkanes) is 1. The van der Waals surface area contributed by atoms with Crippen molar-refractivity contribution >= 4 is 35.0 Å². The van der Waals surface area contributed by atoms with E-state index in [0.29, 0.717) is 0 Å². The minimum absolute atomic E-state index is 0.00967. The standard InChI is InChI=1S/C22H42Cl2N2O2/c1-5-11-21(12-6-2,25-19(27)17-23)15-9-10-16-22(13-7-3,14-8-4)26-20(28)18-24/h5-18H2,1-4H3,(H,25,27)(H,26,28). The quantitative estimate of drug-likeness (QED) is 0.219. The first-order chi connectivity index (χ1) is 13.4. The molecule has 0 unspecified atom stereocenters. The van der Waals surface area contributed by atoms with Crippen LogP contribution in [0.5, 0.6) is 0 Å². The molecule has 0 aliphatic carbocycles. The summed E-state index contributed by atoms with van der Waals surface area (Å²) in [4.78, 5) is 24.0. The van der Waals surface area contributed by atoms with E-state index >= 15 is 0 Å². The van der Waals surface area contributed by atoms with Gasteiger partial charge in [-0.1, -0.05) is 66.2 Å². The fraction of sp³-hybridized carbons (Fsp3) is 0.909. The molecule has 166 valence electrons. The number of nitrogens with one attached hydrogen (secondary N) is 2. The highest BCUT2D eigenvalue weighted by Crippen LogP contribution is 2.30. The zero-order valence-electron chi connectivity index (χ0n) is 18.5. The van der Waals surface area contributed by atoms with Crippen LogP contribution >= 0.6 is 23.2 Å². The molecule has 0 atom stereocenters. The average molecular weight is 437 g/mol. The maximum Gasteiger partial charge on any atom is 0.235 e. The van der Waals surface area contributed by atoms with Gasteiger partial charge in [-0.25, -0.2) is 0 Å². The van der Waals surface area contributed by atoms with Crippen molar-refractivity contribution in [3.63, 3.8) is 0 Å². The van der Waals surface area contributed by atoms with E-state index in [1.54, 1.807) is 0 Å². The zero-order chi connectivity index (χ0) is 21.5. The molecule has 0 radical (unpaired) electrons. The van der Waals surface area contributed by atoms with Crippen molar-refractivity contribution in [3.8, 4) is 0 Å². The molecule has 0 aromatic heterocycles. The molecule has 2 amide bonds. The van der Waals surface area contributed by atoms with E-state index in [-0.39, 0.29) is 34.7 Å². The Kier molecular flexibility index (Phi) is 15.1. The zero-order valence-corrected chi connectivity index (χ0v) is 20.0. The Hall–Kier alpha value is -0.480. The third kappa shape index (κ3) is 10.3. The number of carbonyl (C=O) groups is 2. The first-order valence-corrected chi connectivity index (χ1v) is 12.2. The summed E-state index contributed by atoms with van der Waals surface area (Å²) in [5.74, 6) is -0.139. The summed E-state index contributed by atoms with van der Waals surface area (Å²) in [6, 6.07) is 0. The molecule has 0 aliphatic heterocycles. The van der Waals surface area contributed by atoms with E-state index < -0.39 is 0 Å². The molecule has 0 aromatic rings. The van der Waals surface area contributed by atoms with Gasteiger partial charge in [0.25, 0.3) is 0 Å². The van der Waals surface area contributed by atoms with Gasteiger partial charge in [0, 0.05) is 11.1 Å². The van der Waals surface area contributed by atoms with Crippen LogP contribution in [0.25, 0.3) is 0 Å². The van der Waals surface area contributed by atoms with Crippen LogP contribution in [0.1, 0.15) is 105 Å². The summed E-state index contributed by atoms with van der Waals surface area (Å²) in [6.07, 6.45) is 12.0. The van der Waals surface area contributed by atoms with Crippen LogP contribution < -0.4 is 10.6 Å². The number of hydrogen-bond acceptors (Lipinski definition) is 2. The Morgan fingerprint density at radius 1 is 0.607 bits per heavy atom. The van der Waals surface area contributed by atoms with Crippen molar-refractivity contribution in [1.29, 1.82) is 0 Å². The van der Waals surface area contributed by atoms with Crippen LogP contribution in [0, 0.1) is 0 Å². The molecule has 0 rings (SSSR count). The second-order valence-electron chi connectivity index (χ2n) is 8.13. The molecule has 0 aromatic carbocycles. The van der Waals surface area contributed by atoms with E-state index in [4.69, 9.17) is 23.2 Å². The topological polar surface area (TPSA) is 58.2 Å². The van der Waals surface area contributed by atoms with Gasteiger partial charge in [0.1, 0.15) is 11.8 Å². The summed E-state index contributed by atoms with van der Waals surface area (Å²) in [5, 5.41) is 6.43. The van der Waals surface area contributed by atoms with Gasteiger partial charge in [-0.2, -0.15) is 0 Å². The summed E-state index contributed by atoms with van der Waals surface area (Å²) in [6.45, 7) is 8.64. The smallest absolute Gasteiger partial charge is 0.235 e. The fourth-order valence-electron chi connectivity index (χ4n) is 4.62. The molecule has 0 saturated carbocycles. The number of hydrogen-bond donors (Lipinski definition) is 2. The van der Waals surface area contributed by atoms with Crippen LogP contribution in [0.4, 0.5) is 0 Å². The first-order valence-electron chi connectivity index (χ1n) is 11.1. The molecule has 6 heteroatoms. The van der Waals surface area contributed by atoms with Crippen LogP contribution in [-0.4, -0.2) is 34.7 Å². The SMILES string of the molecule is CCCC(CCC)(CCCCC(CCC)(CCC)NC(=O)CCl)NC(=O)CCl. The van der Waals surface area contributed by atoms with Crippen molar-refractivity contribution in [3.05, 3.63) is 0 Å². The van der Waals surface area contributed by atoms with Crippen LogP contribution in [0.15, 0.2) is 0 Å². The Morgan fingerprint density at radius 2 is 0.893 bits per heavy atom. The van der Waals surface area contributed by atoms with Gasteiger partial charge in [0.15, 0.2) is 0 Å². The molecule has 0 heterocycles. The maximum atomic E-state index is 12.0. The molecule has 0 aliphatic rings. The second-order valence-corrected chi connectivity index (χ2v) is 8.67. The van der Waals surface area contributed by atoms with Crippen molar-refractivity contribution in [2.24, 2.45) is 0 Å². The number of halogens is 2.